The number of carbonyl (C=O) groups is 1. The summed E-state index contributed by atoms with van der Waals surface area (Å²) in [5, 5.41) is 2.92. The third kappa shape index (κ3) is 3.51. The number of hydrogen-bond donors (Lipinski definition) is 1. The van der Waals surface area contributed by atoms with E-state index in [1.807, 2.05) is 0 Å². The lowest BCUT2D eigenvalue weighted by Gasteiger charge is -2.32. The lowest BCUT2D eigenvalue weighted by Crippen LogP contribution is -2.48. The first-order valence-electron chi connectivity index (χ1n) is 5.85. The highest BCUT2D eigenvalue weighted by molar-refractivity contribution is 5.93. The lowest BCUT2D eigenvalue weighted by atomic mass is 10.2. The predicted octanol–water partition coefficient (Wildman–Crippen LogP) is 0.0163. The Hall–Kier alpha value is -1.46. The molecule has 92 valence electrons. The molecule has 2 rings (SSSR count). The van der Waals surface area contributed by atoms with Crippen molar-refractivity contribution in [3.8, 4) is 0 Å². The fourth-order valence-electron chi connectivity index (χ4n) is 1.79. The minimum absolute atomic E-state index is 0.0358. The summed E-state index contributed by atoms with van der Waals surface area (Å²) in [6.07, 6.45) is 3.26. The molecule has 0 aliphatic carbocycles. The Bertz CT molecular complexity index is 360. The minimum atomic E-state index is -0.0358. The van der Waals surface area contributed by atoms with Crippen LogP contribution in [-0.4, -0.2) is 60.6 Å². The Labute approximate surface area is 101 Å². The van der Waals surface area contributed by atoms with Gasteiger partial charge in [0.15, 0.2) is 0 Å². The molecule has 0 bridgehead atoms. The van der Waals surface area contributed by atoms with Crippen molar-refractivity contribution < 1.29 is 4.79 Å². The van der Waals surface area contributed by atoms with Gasteiger partial charge in [-0.25, -0.2) is 0 Å². The van der Waals surface area contributed by atoms with Gasteiger partial charge in [-0.3, -0.25) is 14.7 Å². The zero-order valence-electron chi connectivity index (χ0n) is 10.1. The SMILES string of the molecule is CN1CCN(CNC(=O)c2ccncc2)CC1. The summed E-state index contributed by atoms with van der Waals surface area (Å²) in [5.74, 6) is -0.0358. The van der Waals surface area contributed by atoms with Gasteiger partial charge in [-0.15, -0.1) is 0 Å². The van der Waals surface area contributed by atoms with Crippen molar-refractivity contribution in [1.82, 2.24) is 20.1 Å². The predicted molar refractivity (Wildman–Crippen MR) is 65.6 cm³/mol. The van der Waals surface area contributed by atoms with Crippen LogP contribution in [0.4, 0.5) is 0 Å². The molecule has 1 aromatic rings. The largest absolute Gasteiger partial charge is 0.339 e. The average Bonchev–Trinajstić information content (AvgIpc) is 2.39. The van der Waals surface area contributed by atoms with E-state index in [0.29, 0.717) is 12.2 Å². The van der Waals surface area contributed by atoms with Crippen molar-refractivity contribution in [3.05, 3.63) is 30.1 Å². The molecule has 2 heterocycles. The van der Waals surface area contributed by atoms with Crippen LogP contribution >= 0.6 is 0 Å². The molecule has 1 amide bonds. The normalized spacial score (nSPS) is 17.9. The maximum absolute atomic E-state index is 11.8. The molecule has 0 atom stereocenters. The van der Waals surface area contributed by atoms with Crippen LogP contribution in [0.1, 0.15) is 10.4 Å². The molecule has 1 aromatic heterocycles. The molecule has 1 saturated heterocycles. The van der Waals surface area contributed by atoms with Gasteiger partial charge in [-0.05, 0) is 19.2 Å². The van der Waals surface area contributed by atoms with E-state index in [1.54, 1.807) is 24.5 Å². The summed E-state index contributed by atoms with van der Waals surface area (Å²) in [4.78, 5) is 20.2. The molecule has 1 aliphatic rings. The number of hydrogen-bond acceptors (Lipinski definition) is 4. The highest BCUT2D eigenvalue weighted by atomic mass is 16.1. The third-order valence-corrected chi connectivity index (χ3v) is 3.00. The van der Waals surface area contributed by atoms with Crippen LogP contribution in [0.15, 0.2) is 24.5 Å². The van der Waals surface area contributed by atoms with E-state index in [2.05, 4.69) is 27.1 Å². The van der Waals surface area contributed by atoms with E-state index < -0.39 is 0 Å². The van der Waals surface area contributed by atoms with Crippen LogP contribution < -0.4 is 5.32 Å². The number of amides is 1. The Kier molecular flexibility index (Phi) is 4.06. The number of aromatic nitrogens is 1. The summed E-state index contributed by atoms with van der Waals surface area (Å²) >= 11 is 0. The van der Waals surface area contributed by atoms with Gasteiger partial charge < -0.3 is 10.2 Å². The van der Waals surface area contributed by atoms with Crippen LogP contribution in [0.5, 0.6) is 0 Å². The molecule has 0 spiro atoms. The number of likely N-dealkylation sites (N-methyl/N-ethyl adjacent to an activating group) is 1. The maximum Gasteiger partial charge on any atom is 0.252 e. The number of pyridine rings is 1. The van der Waals surface area contributed by atoms with Gasteiger partial charge in [0.1, 0.15) is 0 Å². The summed E-state index contributed by atoms with van der Waals surface area (Å²) in [5.41, 5.74) is 0.661. The van der Waals surface area contributed by atoms with Gasteiger partial charge in [-0.2, -0.15) is 0 Å². The first-order chi connectivity index (χ1) is 8.25. The first kappa shape index (κ1) is 12.0. The number of rotatable bonds is 3. The fourth-order valence-corrected chi connectivity index (χ4v) is 1.79. The molecular weight excluding hydrogens is 216 g/mol. The van der Waals surface area contributed by atoms with Crippen LogP contribution in [0.3, 0.4) is 0 Å². The smallest absolute Gasteiger partial charge is 0.252 e. The summed E-state index contributed by atoms with van der Waals surface area (Å²) in [6, 6.07) is 3.44. The van der Waals surface area contributed by atoms with Gasteiger partial charge in [0.05, 0.1) is 6.67 Å². The average molecular weight is 234 g/mol. The molecule has 0 unspecified atom stereocenters. The van der Waals surface area contributed by atoms with Crippen LogP contribution in [0, 0.1) is 0 Å². The Morgan fingerprint density at radius 2 is 1.94 bits per heavy atom. The quantitative estimate of drug-likeness (QED) is 0.801. The Morgan fingerprint density at radius 3 is 2.59 bits per heavy atom. The highest BCUT2D eigenvalue weighted by Crippen LogP contribution is 1.99. The van der Waals surface area contributed by atoms with Crippen molar-refractivity contribution in [3.63, 3.8) is 0 Å². The fraction of sp³-hybridized carbons (Fsp3) is 0.500. The van der Waals surface area contributed by atoms with E-state index in [1.165, 1.54) is 0 Å². The lowest BCUT2D eigenvalue weighted by molar-refractivity contribution is 0.0890. The maximum atomic E-state index is 11.8. The Balaban J connectivity index is 1.77. The van der Waals surface area contributed by atoms with Gasteiger partial charge in [0, 0.05) is 44.1 Å². The Morgan fingerprint density at radius 1 is 1.29 bits per heavy atom. The highest BCUT2D eigenvalue weighted by Gasteiger charge is 2.14. The van der Waals surface area contributed by atoms with E-state index in [4.69, 9.17) is 0 Å². The van der Waals surface area contributed by atoms with Gasteiger partial charge in [0.2, 0.25) is 0 Å². The number of nitrogens with one attached hydrogen (secondary N) is 1. The second-order valence-electron chi connectivity index (χ2n) is 4.32. The number of carbonyl (C=O) groups excluding carboxylic acids is 1. The molecule has 5 nitrogen and oxygen atoms in total. The number of piperazine rings is 1. The van der Waals surface area contributed by atoms with Gasteiger partial charge >= 0.3 is 0 Å². The van der Waals surface area contributed by atoms with E-state index in [9.17, 15) is 4.79 Å². The number of nitrogens with zero attached hydrogens (tertiary/aromatic N) is 3. The van der Waals surface area contributed by atoms with Gasteiger partial charge in [-0.1, -0.05) is 0 Å². The second-order valence-corrected chi connectivity index (χ2v) is 4.32. The van der Waals surface area contributed by atoms with Gasteiger partial charge in [0.25, 0.3) is 5.91 Å². The molecule has 0 aromatic carbocycles. The van der Waals surface area contributed by atoms with E-state index in [-0.39, 0.29) is 5.91 Å². The minimum Gasteiger partial charge on any atom is -0.339 e. The van der Waals surface area contributed by atoms with Crippen molar-refractivity contribution in [2.24, 2.45) is 0 Å². The van der Waals surface area contributed by atoms with E-state index >= 15 is 0 Å². The standard InChI is InChI=1S/C12H18N4O/c1-15-6-8-16(9-7-15)10-14-12(17)11-2-4-13-5-3-11/h2-5H,6-10H2,1H3,(H,14,17). The molecular formula is C12H18N4O. The summed E-state index contributed by atoms with van der Waals surface area (Å²) < 4.78 is 0. The second kappa shape index (κ2) is 5.75. The molecule has 5 heteroatoms. The first-order valence-corrected chi connectivity index (χ1v) is 5.85. The van der Waals surface area contributed by atoms with Crippen molar-refractivity contribution in [1.29, 1.82) is 0 Å². The van der Waals surface area contributed by atoms with Crippen molar-refractivity contribution in [2.75, 3.05) is 39.9 Å². The molecule has 1 aliphatic heterocycles. The molecule has 0 saturated carbocycles. The zero-order chi connectivity index (χ0) is 12.1. The van der Waals surface area contributed by atoms with Crippen molar-refractivity contribution in [2.45, 2.75) is 0 Å². The summed E-state index contributed by atoms with van der Waals surface area (Å²) in [6.45, 7) is 4.76. The van der Waals surface area contributed by atoms with Crippen LogP contribution in [0.2, 0.25) is 0 Å². The third-order valence-electron chi connectivity index (χ3n) is 3.00. The zero-order valence-corrected chi connectivity index (χ0v) is 10.1. The topological polar surface area (TPSA) is 48.5 Å². The molecule has 0 radical (unpaired) electrons. The van der Waals surface area contributed by atoms with E-state index in [0.717, 1.165) is 26.2 Å². The molecule has 1 N–H and O–H groups in total. The molecule has 17 heavy (non-hydrogen) atoms. The van der Waals surface area contributed by atoms with Crippen LogP contribution in [-0.2, 0) is 0 Å². The van der Waals surface area contributed by atoms with Crippen LogP contribution in [0.25, 0.3) is 0 Å². The monoisotopic (exact) mass is 234 g/mol. The molecule has 1 fully saturated rings. The summed E-state index contributed by atoms with van der Waals surface area (Å²) in [7, 11) is 2.12. The van der Waals surface area contributed by atoms with Crippen molar-refractivity contribution >= 4 is 5.91 Å².